The predicted molar refractivity (Wildman–Crippen MR) is 129 cm³/mol. The van der Waals surface area contributed by atoms with E-state index in [4.69, 9.17) is 4.74 Å². The Morgan fingerprint density at radius 3 is 2.09 bits per heavy atom. The smallest absolute Gasteiger partial charge is 0.444 e. The fourth-order valence-corrected chi connectivity index (χ4v) is 4.90. The zero-order chi connectivity index (χ0) is 23.6. The van der Waals surface area contributed by atoms with Crippen molar-refractivity contribution in [2.75, 3.05) is 57.3 Å². The van der Waals surface area contributed by atoms with Gasteiger partial charge in [-0.15, -0.1) is 0 Å². The highest BCUT2D eigenvalue weighted by Gasteiger charge is 2.30. The lowest BCUT2D eigenvalue weighted by Gasteiger charge is -2.38. The van der Waals surface area contributed by atoms with Gasteiger partial charge in [-0.1, -0.05) is 0 Å². The lowest BCUT2D eigenvalue weighted by Crippen LogP contribution is -2.50. The van der Waals surface area contributed by atoms with E-state index in [0.717, 1.165) is 68.2 Å². The number of piperazine rings is 2. The number of rotatable bonds is 4. The van der Waals surface area contributed by atoms with Crippen molar-refractivity contribution in [1.29, 1.82) is 0 Å². The number of anilines is 1. The van der Waals surface area contributed by atoms with Crippen molar-refractivity contribution in [3.05, 3.63) is 22.3 Å². The highest BCUT2D eigenvalue weighted by atomic mass is 16.6. The molecule has 2 saturated heterocycles. The molecule has 1 amide bonds. The van der Waals surface area contributed by atoms with Crippen LogP contribution in [-0.4, -0.2) is 91.0 Å². The van der Waals surface area contributed by atoms with Gasteiger partial charge in [0.1, 0.15) is 5.60 Å². The summed E-state index contributed by atoms with van der Waals surface area (Å²) in [4.78, 5) is 18.8. The summed E-state index contributed by atoms with van der Waals surface area (Å²) in [6, 6.07) is 0. The summed E-state index contributed by atoms with van der Waals surface area (Å²) in [6.07, 6.45) is -0.258. The molecule has 0 aromatic heterocycles. The third kappa shape index (κ3) is 5.57. The molecule has 0 saturated carbocycles. The Bertz CT molecular complexity index is 827. The molecule has 3 rings (SSSR count). The van der Waals surface area contributed by atoms with Crippen molar-refractivity contribution >= 4 is 24.4 Å². The van der Waals surface area contributed by atoms with E-state index >= 15 is 0 Å². The summed E-state index contributed by atoms with van der Waals surface area (Å²) < 4.78 is 5.51. The Morgan fingerprint density at radius 1 is 0.969 bits per heavy atom. The van der Waals surface area contributed by atoms with Gasteiger partial charge in [0.25, 0.3) is 0 Å². The molecule has 0 spiro atoms. The van der Waals surface area contributed by atoms with E-state index in [2.05, 4.69) is 22.0 Å². The molecule has 9 heteroatoms. The number of nitrogens with one attached hydrogen (secondary N) is 1. The molecule has 3 N–H and O–H groups in total. The van der Waals surface area contributed by atoms with Gasteiger partial charge in [0.15, 0.2) is 0 Å². The van der Waals surface area contributed by atoms with Gasteiger partial charge in [-0.2, -0.15) is 0 Å². The molecule has 178 valence electrons. The van der Waals surface area contributed by atoms with Crippen molar-refractivity contribution < 1.29 is 19.6 Å². The van der Waals surface area contributed by atoms with E-state index in [1.807, 2.05) is 34.6 Å². The van der Waals surface area contributed by atoms with Crippen molar-refractivity contribution in [3.63, 3.8) is 0 Å². The first-order valence-electron chi connectivity index (χ1n) is 11.6. The van der Waals surface area contributed by atoms with Gasteiger partial charge in [-0.25, -0.2) is 4.79 Å². The maximum absolute atomic E-state index is 12.4. The van der Waals surface area contributed by atoms with E-state index in [9.17, 15) is 14.8 Å². The number of amides is 1. The van der Waals surface area contributed by atoms with Gasteiger partial charge in [-0.05, 0) is 69.3 Å². The first-order chi connectivity index (χ1) is 15.0. The van der Waals surface area contributed by atoms with Crippen molar-refractivity contribution in [2.45, 2.75) is 53.7 Å². The zero-order valence-electron chi connectivity index (χ0n) is 20.5. The zero-order valence-corrected chi connectivity index (χ0v) is 20.5. The summed E-state index contributed by atoms with van der Waals surface area (Å²) >= 11 is 0. The summed E-state index contributed by atoms with van der Waals surface area (Å²) in [6.45, 7) is 18.9. The molecule has 2 aliphatic rings. The first kappa shape index (κ1) is 24.8. The van der Waals surface area contributed by atoms with E-state index < -0.39 is 12.7 Å². The summed E-state index contributed by atoms with van der Waals surface area (Å²) in [5, 5.41) is 23.7. The Labute approximate surface area is 192 Å². The van der Waals surface area contributed by atoms with Gasteiger partial charge in [0, 0.05) is 64.6 Å². The maximum atomic E-state index is 12.4. The van der Waals surface area contributed by atoms with Crippen LogP contribution in [0.1, 0.15) is 43.0 Å². The summed E-state index contributed by atoms with van der Waals surface area (Å²) in [5.41, 5.74) is 5.51. The molecule has 8 nitrogen and oxygen atoms in total. The van der Waals surface area contributed by atoms with Gasteiger partial charge < -0.3 is 29.9 Å². The van der Waals surface area contributed by atoms with Crippen LogP contribution >= 0.6 is 0 Å². The number of carbonyl (C=O) groups excluding carboxylic acids is 1. The molecule has 0 aliphatic carbocycles. The Morgan fingerprint density at radius 2 is 1.56 bits per heavy atom. The number of hydrogen-bond acceptors (Lipinski definition) is 7. The number of nitrogens with zero attached hydrogens (tertiary/aromatic N) is 3. The highest BCUT2D eigenvalue weighted by molar-refractivity contribution is 6.60. The van der Waals surface area contributed by atoms with Crippen LogP contribution in [0, 0.1) is 20.8 Å². The molecule has 1 aromatic carbocycles. The van der Waals surface area contributed by atoms with Crippen LogP contribution in [0.4, 0.5) is 10.5 Å². The van der Waals surface area contributed by atoms with Crippen LogP contribution in [-0.2, 0) is 11.3 Å². The minimum Gasteiger partial charge on any atom is -0.444 e. The molecule has 0 radical (unpaired) electrons. The maximum Gasteiger partial charge on any atom is 0.489 e. The normalized spacial score (nSPS) is 18.1. The third-order valence-electron chi connectivity index (χ3n) is 6.52. The first-order valence-corrected chi connectivity index (χ1v) is 11.6. The van der Waals surface area contributed by atoms with E-state index in [-0.39, 0.29) is 6.09 Å². The van der Waals surface area contributed by atoms with Crippen molar-refractivity contribution in [2.24, 2.45) is 0 Å². The Kier molecular flexibility index (Phi) is 7.75. The average molecular weight is 446 g/mol. The molecule has 1 aromatic rings. The molecular weight excluding hydrogens is 407 g/mol. The molecule has 32 heavy (non-hydrogen) atoms. The molecule has 2 heterocycles. The summed E-state index contributed by atoms with van der Waals surface area (Å²) in [7, 11) is -1.50. The van der Waals surface area contributed by atoms with Crippen molar-refractivity contribution in [3.8, 4) is 0 Å². The molecule has 0 unspecified atom stereocenters. The SMILES string of the molecule is Cc1c(CN2CCN(C(=O)OC(C)(C)C)CC2)c(C)c(N2CCNCC2)c(C)c1B(O)O. The third-order valence-corrected chi connectivity index (χ3v) is 6.52. The number of carbonyl (C=O) groups is 1. The minimum absolute atomic E-state index is 0.258. The van der Waals surface area contributed by atoms with Gasteiger partial charge in [0.05, 0.1) is 0 Å². The fraction of sp³-hybridized carbons (Fsp3) is 0.696. The fourth-order valence-electron chi connectivity index (χ4n) is 4.90. The second kappa shape index (κ2) is 9.99. The molecule has 0 atom stereocenters. The quantitative estimate of drug-likeness (QED) is 0.589. The Balaban J connectivity index is 1.81. The van der Waals surface area contributed by atoms with Crippen molar-refractivity contribution in [1.82, 2.24) is 15.1 Å². The standard InChI is InChI=1S/C23H39BN4O4/c1-16-19(15-26-11-13-28(14-12-26)22(29)32-23(4,5)6)17(2)21(18(3)20(16)24(30)31)27-9-7-25-8-10-27/h25,30-31H,7-15H2,1-6H3. The molecule has 2 fully saturated rings. The highest BCUT2D eigenvalue weighted by Crippen LogP contribution is 2.31. The van der Waals surface area contributed by atoms with Crippen LogP contribution < -0.4 is 15.7 Å². The van der Waals surface area contributed by atoms with E-state index in [1.165, 1.54) is 5.56 Å². The lowest BCUT2D eigenvalue weighted by atomic mass is 9.71. The molecular formula is C23H39BN4O4. The minimum atomic E-state index is -1.50. The van der Waals surface area contributed by atoms with E-state index in [0.29, 0.717) is 18.6 Å². The van der Waals surface area contributed by atoms with Crippen LogP contribution in [0.25, 0.3) is 0 Å². The van der Waals surface area contributed by atoms with Gasteiger partial charge >= 0.3 is 13.2 Å². The van der Waals surface area contributed by atoms with Gasteiger partial charge in [-0.3, -0.25) is 4.90 Å². The predicted octanol–water partition coefficient (Wildman–Crippen LogP) is 0.754. The Hall–Kier alpha value is -1.81. The summed E-state index contributed by atoms with van der Waals surface area (Å²) in [5.74, 6) is 0. The van der Waals surface area contributed by atoms with Crippen LogP contribution in [0.3, 0.4) is 0 Å². The number of benzene rings is 1. The second-order valence-electron chi connectivity index (χ2n) is 9.97. The van der Waals surface area contributed by atoms with Gasteiger partial charge in [0.2, 0.25) is 0 Å². The van der Waals surface area contributed by atoms with Crippen LogP contribution in [0.2, 0.25) is 0 Å². The second-order valence-corrected chi connectivity index (χ2v) is 9.97. The lowest BCUT2D eigenvalue weighted by molar-refractivity contribution is 0.0138. The number of ether oxygens (including phenoxy) is 1. The topological polar surface area (TPSA) is 88.5 Å². The average Bonchev–Trinajstić information content (AvgIpc) is 2.71. The molecule has 2 aliphatic heterocycles. The monoisotopic (exact) mass is 446 g/mol. The molecule has 0 bridgehead atoms. The van der Waals surface area contributed by atoms with E-state index in [1.54, 1.807) is 4.90 Å². The van der Waals surface area contributed by atoms with Crippen LogP contribution in [0.15, 0.2) is 0 Å². The van der Waals surface area contributed by atoms with Crippen LogP contribution in [0.5, 0.6) is 0 Å². The largest absolute Gasteiger partial charge is 0.489 e. The number of hydrogen-bond donors (Lipinski definition) is 3.